The Balaban J connectivity index is 1.41. The number of urea groups is 1. The van der Waals surface area contributed by atoms with Crippen molar-refractivity contribution in [2.75, 3.05) is 17.2 Å². The molecule has 1 aliphatic rings. The van der Waals surface area contributed by atoms with Gasteiger partial charge in [0.1, 0.15) is 5.82 Å². The Hall–Kier alpha value is -3.38. The standard InChI is InChI=1S/C24H27AsN6O2/c1-2-26-23(32)19-10-11-20(31-22(19)29-17-8-9-17)16-4-6-18(7-5-16)30-24(33)28-14-15-3-12-21(25)27-13-15/h3-7,10-13,17H,2,8-9,14,25H2,1H3,(H,26,32)(H,29,31)(H2,28,30,33). The van der Waals surface area contributed by atoms with Crippen molar-refractivity contribution in [2.24, 2.45) is 0 Å². The maximum atomic E-state index is 12.4. The molecule has 1 aliphatic carbocycles. The topological polar surface area (TPSA) is 108 Å². The summed E-state index contributed by atoms with van der Waals surface area (Å²) in [5, 5.41) is 11.9. The molecule has 1 aromatic carbocycles. The molecular formula is C24H27AsN6O2. The fourth-order valence-corrected chi connectivity index (χ4v) is 3.57. The molecule has 33 heavy (non-hydrogen) atoms. The summed E-state index contributed by atoms with van der Waals surface area (Å²) >= 11 is 1.47. The molecule has 1 saturated carbocycles. The van der Waals surface area contributed by atoms with Gasteiger partial charge in [0.15, 0.2) is 0 Å². The van der Waals surface area contributed by atoms with Crippen molar-refractivity contribution < 1.29 is 9.59 Å². The van der Waals surface area contributed by atoms with E-state index in [1.165, 1.54) is 16.9 Å². The summed E-state index contributed by atoms with van der Waals surface area (Å²) in [4.78, 5) is 33.6. The van der Waals surface area contributed by atoms with Crippen LogP contribution in [0.2, 0.25) is 0 Å². The van der Waals surface area contributed by atoms with E-state index >= 15 is 0 Å². The molecular weight excluding hydrogens is 479 g/mol. The monoisotopic (exact) mass is 506 g/mol. The van der Waals surface area contributed by atoms with Crippen LogP contribution < -0.4 is 25.7 Å². The zero-order valence-electron chi connectivity index (χ0n) is 18.4. The van der Waals surface area contributed by atoms with E-state index < -0.39 is 0 Å². The first-order valence-electron chi connectivity index (χ1n) is 10.9. The van der Waals surface area contributed by atoms with Crippen LogP contribution >= 0.6 is 0 Å². The van der Waals surface area contributed by atoms with E-state index in [1.54, 1.807) is 12.3 Å². The van der Waals surface area contributed by atoms with Crippen molar-refractivity contribution in [1.82, 2.24) is 20.6 Å². The molecule has 3 amide bonds. The zero-order chi connectivity index (χ0) is 23.2. The predicted molar refractivity (Wildman–Crippen MR) is 133 cm³/mol. The van der Waals surface area contributed by atoms with Crippen LogP contribution in [0.1, 0.15) is 35.7 Å². The van der Waals surface area contributed by atoms with Crippen molar-refractivity contribution >= 4 is 44.8 Å². The van der Waals surface area contributed by atoms with Crippen LogP contribution in [0.25, 0.3) is 11.3 Å². The van der Waals surface area contributed by atoms with Gasteiger partial charge in [-0.05, 0) is 31.9 Å². The SMILES string of the molecule is CCNC(=O)c1ccc(-c2ccc(NC(=O)NCc3ccc([AsH2])nc3)cc2)nc1NC1CC1. The van der Waals surface area contributed by atoms with Gasteiger partial charge in [-0.2, -0.15) is 0 Å². The maximum Gasteiger partial charge on any atom is 0.139 e. The predicted octanol–water partition coefficient (Wildman–Crippen LogP) is 2.05. The van der Waals surface area contributed by atoms with E-state index in [-0.39, 0.29) is 11.9 Å². The van der Waals surface area contributed by atoms with E-state index in [9.17, 15) is 9.59 Å². The number of carbonyl (C=O) groups is 2. The molecule has 1 unspecified atom stereocenters. The number of amides is 3. The smallest absolute Gasteiger partial charge is 0.139 e. The summed E-state index contributed by atoms with van der Waals surface area (Å²) in [7, 11) is 0. The number of hydrogen-bond acceptors (Lipinski definition) is 5. The van der Waals surface area contributed by atoms with Crippen LogP contribution in [-0.4, -0.2) is 51.3 Å². The molecule has 0 saturated heterocycles. The number of rotatable bonds is 8. The second-order valence-corrected chi connectivity index (χ2v) is 9.09. The normalized spacial score (nSPS) is 12.7. The summed E-state index contributed by atoms with van der Waals surface area (Å²) in [6, 6.07) is 15.1. The van der Waals surface area contributed by atoms with Crippen molar-refractivity contribution in [3.05, 3.63) is 65.9 Å². The molecule has 0 bridgehead atoms. The van der Waals surface area contributed by atoms with E-state index in [0.717, 1.165) is 34.1 Å². The van der Waals surface area contributed by atoms with Gasteiger partial charge in [0, 0.05) is 12.6 Å². The first kappa shape index (κ1) is 22.8. The molecule has 1 atom stereocenters. The Bertz CT molecular complexity index is 1130. The molecule has 0 spiro atoms. The number of anilines is 2. The largest absolute Gasteiger partial charge is 0.367 e. The average Bonchev–Trinajstić information content (AvgIpc) is 3.63. The van der Waals surface area contributed by atoms with Crippen LogP contribution in [0.4, 0.5) is 16.3 Å². The van der Waals surface area contributed by atoms with Crippen LogP contribution in [-0.2, 0) is 6.54 Å². The fourth-order valence-electron chi connectivity index (χ4n) is 3.21. The molecule has 4 rings (SSSR count). The Morgan fingerprint density at radius 2 is 1.82 bits per heavy atom. The zero-order valence-corrected chi connectivity index (χ0v) is 20.8. The summed E-state index contributed by atoms with van der Waals surface area (Å²) in [6.07, 6.45) is 3.94. The maximum absolute atomic E-state index is 12.4. The van der Waals surface area contributed by atoms with Crippen LogP contribution in [0, 0.1) is 0 Å². The van der Waals surface area contributed by atoms with Gasteiger partial charge in [0.05, 0.1) is 11.3 Å². The van der Waals surface area contributed by atoms with Crippen molar-refractivity contribution in [2.45, 2.75) is 32.4 Å². The van der Waals surface area contributed by atoms with Gasteiger partial charge in [-0.3, -0.25) is 4.79 Å². The van der Waals surface area contributed by atoms with Gasteiger partial charge < -0.3 is 10.6 Å². The van der Waals surface area contributed by atoms with E-state index in [2.05, 4.69) is 26.3 Å². The van der Waals surface area contributed by atoms with Crippen LogP contribution in [0.3, 0.4) is 0 Å². The minimum atomic E-state index is -0.284. The first-order valence-corrected chi connectivity index (χ1v) is 12.1. The number of nitrogens with zero attached hydrogens (tertiary/aromatic N) is 2. The number of benzene rings is 1. The molecule has 2 aromatic heterocycles. The van der Waals surface area contributed by atoms with Gasteiger partial charge in [0.2, 0.25) is 0 Å². The molecule has 4 N–H and O–H groups in total. The van der Waals surface area contributed by atoms with Gasteiger partial charge in [-0.1, -0.05) is 0 Å². The third-order valence-electron chi connectivity index (χ3n) is 5.13. The van der Waals surface area contributed by atoms with Gasteiger partial charge in [-0.25, -0.2) is 4.98 Å². The molecule has 0 radical (unpaired) electrons. The van der Waals surface area contributed by atoms with Crippen molar-refractivity contribution in [3.8, 4) is 11.3 Å². The molecule has 1 fully saturated rings. The quantitative estimate of drug-likeness (QED) is 0.350. The summed E-state index contributed by atoms with van der Waals surface area (Å²) in [5.74, 6) is 0.474. The summed E-state index contributed by atoms with van der Waals surface area (Å²) in [5.41, 5.74) is 3.83. The Morgan fingerprint density at radius 1 is 1.03 bits per heavy atom. The number of carbonyl (C=O) groups excluding carboxylic acids is 2. The number of hydrogen-bond donors (Lipinski definition) is 4. The van der Waals surface area contributed by atoms with E-state index in [4.69, 9.17) is 4.98 Å². The van der Waals surface area contributed by atoms with Crippen LogP contribution in [0.5, 0.6) is 0 Å². The average molecular weight is 506 g/mol. The first-order chi connectivity index (χ1) is 16.0. The fraction of sp³-hybridized carbons (Fsp3) is 0.250. The minimum absolute atomic E-state index is 0.132. The van der Waals surface area contributed by atoms with E-state index in [1.807, 2.05) is 49.4 Å². The summed E-state index contributed by atoms with van der Waals surface area (Å²) in [6.45, 7) is 2.86. The van der Waals surface area contributed by atoms with Gasteiger partial charge in [0.25, 0.3) is 5.91 Å². The van der Waals surface area contributed by atoms with Gasteiger partial charge in [-0.15, -0.1) is 0 Å². The summed E-state index contributed by atoms with van der Waals surface area (Å²) < 4.78 is 1.000. The number of nitrogens with one attached hydrogen (secondary N) is 4. The molecule has 170 valence electrons. The molecule has 9 heteroatoms. The Kier molecular flexibility index (Phi) is 7.25. The van der Waals surface area contributed by atoms with Crippen LogP contribution in [0.15, 0.2) is 54.7 Å². The van der Waals surface area contributed by atoms with Crippen molar-refractivity contribution in [1.29, 1.82) is 0 Å². The molecule has 8 nitrogen and oxygen atoms in total. The third kappa shape index (κ3) is 6.33. The molecule has 3 aromatic rings. The molecule has 0 aliphatic heterocycles. The Morgan fingerprint density at radius 3 is 2.48 bits per heavy atom. The van der Waals surface area contributed by atoms with Gasteiger partial charge >= 0.3 is 114 Å². The third-order valence-corrected chi connectivity index (χ3v) is 5.85. The van der Waals surface area contributed by atoms with Crippen molar-refractivity contribution in [3.63, 3.8) is 0 Å². The molecule has 2 heterocycles. The second kappa shape index (κ2) is 10.5. The minimum Gasteiger partial charge on any atom is -0.367 e. The second-order valence-electron chi connectivity index (χ2n) is 7.85. The number of pyridine rings is 2. The Labute approximate surface area is 201 Å². The van der Waals surface area contributed by atoms with E-state index in [0.29, 0.717) is 36.2 Å². The number of aromatic nitrogens is 2.